The zero-order chi connectivity index (χ0) is 14.7. The van der Waals surface area contributed by atoms with Crippen LogP contribution in [0, 0.1) is 5.92 Å². The molecular formula is C17H22N2O2. The second-order valence-electron chi connectivity index (χ2n) is 6.11. The fraction of sp³-hybridized carbons (Fsp3) is 0.529. The van der Waals surface area contributed by atoms with Crippen LogP contribution in [0.5, 0.6) is 0 Å². The molecule has 2 aliphatic rings. The smallest absolute Gasteiger partial charge is 0.230 e. The first-order chi connectivity index (χ1) is 10.2. The predicted octanol–water partition coefficient (Wildman–Crippen LogP) is 2.05. The molecule has 0 spiro atoms. The second-order valence-corrected chi connectivity index (χ2v) is 6.11. The van der Waals surface area contributed by atoms with Gasteiger partial charge in [-0.05, 0) is 30.7 Å². The van der Waals surface area contributed by atoms with Crippen LogP contribution in [0.2, 0.25) is 0 Å². The van der Waals surface area contributed by atoms with Gasteiger partial charge in [-0.25, -0.2) is 0 Å². The zero-order valence-electron chi connectivity index (χ0n) is 12.3. The maximum Gasteiger partial charge on any atom is 0.230 e. The fourth-order valence-electron chi connectivity index (χ4n) is 3.26. The Morgan fingerprint density at radius 2 is 1.57 bits per heavy atom. The van der Waals surface area contributed by atoms with Crippen molar-refractivity contribution in [2.45, 2.75) is 32.1 Å². The molecule has 0 aromatic heterocycles. The number of carbonyl (C=O) groups is 2. The minimum atomic E-state index is -0.00795. The molecule has 0 aliphatic carbocycles. The molecule has 112 valence electrons. The summed E-state index contributed by atoms with van der Waals surface area (Å²) in [5.74, 6) is 0.700. The average Bonchev–Trinajstić information content (AvgIpc) is 2.82. The molecule has 1 aromatic carbocycles. The molecule has 3 rings (SSSR count). The Morgan fingerprint density at radius 3 is 2.19 bits per heavy atom. The zero-order valence-corrected chi connectivity index (χ0v) is 12.3. The summed E-state index contributed by atoms with van der Waals surface area (Å²) in [5, 5.41) is 0. The minimum absolute atomic E-state index is 0.00795. The van der Waals surface area contributed by atoms with E-state index in [0.29, 0.717) is 25.4 Å². The lowest BCUT2D eigenvalue weighted by Crippen LogP contribution is -2.44. The number of piperidine rings is 1. The third-order valence-electron chi connectivity index (χ3n) is 4.57. The highest BCUT2D eigenvalue weighted by molar-refractivity contribution is 6.01. The van der Waals surface area contributed by atoms with Crippen molar-refractivity contribution in [1.82, 2.24) is 9.80 Å². The molecule has 2 heterocycles. The SMILES string of the molecule is O=C1CCC(=O)N1CN1CCC(Cc2ccccc2)CC1. The molecular weight excluding hydrogens is 264 g/mol. The Kier molecular flexibility index (Phi) is 4.34. The molecule has 0 unspecified atom stereocenters. The number of hydrogen-bond donors (Lipinski definition) is 0. The van der Waals surface area contributed by atoms with Gasteiger partial charge in [0.1, 0.15) is 0 Å². The predicted molar refractivity (Wildman–Crippen MR) is 80.4 cm³/mol. The van der Waals surface area contributed by atoms with Crippen LogP contribution < -0.4 is 0 Å². The first kappa shape index (κ1) is 14.3. The summed E-state index contributed by atoms with van der Waals surface area (Å²) in [6.07, 6.45) is 4.21. The van der Waals surface area contributed by atoms with Gasteiger partial charge in [0.25, 0.3) is 0 Å². The Balaban J connectivity index is 1.47. The largest absolute Gasteiger partial charge is 0.286 e. The Labute approximate surface area is 125 Å². The second kappa shape index (κ2) is 6.39. The van der Waals surface area contributed by atoms with Crippen molar-refractivity contribution in [2.24, 2.45) is 5.92 Å². The number of likely N-dealkylation sites (tertiary alicyclic amines) is 2. The van der Waals surface area contributed by atoms with E-state index in [0.717, 1.165) is 32.4 Å². The van der Waals surface area contributed by atoms with Crippen molar-refractivity contribution in [2.75, 3.05) is 19.8 Å². The number of nitrogens with zero attached hydrogens (tertiary/aromatic N) is 2. The molecule has 2 aliphatic heterocycles. The summed E-state index contributed by atoms with van der Waals surface area (Å²) in [4.78, 5) is 27.0. The monoisotopic (exact) mass is 286 g/mol. The van der Waals surface area contributed by atoms with Crippen LogP contribution in [0.3, 0.4) is 0 Å². The molecule has 2 saturated heterocycles. The van der Waals surface area contributed by atoms with Gasteiger partial charge in [0.05, 0.1) is 6.67 Å². The third kappa shape index (κ3) is 3.50. The third-order valence-corrected chi connectivity index (χ3v) is 4.57. The molecule has 2 amide bonds. The Hall–Kier alpha value is -1.68. The van der Waals surface area contributed by atoms with Crippen molar-refractivity contribution in [3.63, 3.8) is 0 Å². The molecule has 21 heavy (non-hydrogen) atoms. The maximum absolute atomic E-state index is 11.6. The number of rotatable bonds is 4. The van der Waals surface area contributed by atoms with Crippen molar-refractivity contribution in [1.29, 1.82) is 0 Å². The van der Waals surface area contributed by atoms with Crippen molar-refractivity contribution in [3.8, 4) is 0 Å². The summed E-state index contributed by atoms with van der Waals surface area (Å²) >= 11 is 0. The minimum Gasteiger partial charge on any atom is -0.286 e. The van der Waals surface area contributed by atoms with Crippen molar-refractivity contribution in [3.05, 3.63) is 35.9 Å². The van der Waals surface area contributed by atoms with E-state index in [-0.39, 0.29) is 11.8 Å². The van der Waals surface area contributed by atoms with Crippen LogP contribution in [0.15, 0.2) is 30.3 Å². The van der Waals surface area contributed by atoms with Gasteiger partial charge in [0.2, 0.25) is 11.8 Å². The topological polar surface area (TPSA) is 40.6 Å². The van der Waals surface area contributed by atoms with Gasteiger partial charge >= 0.3 is 0 Å². The van der Waals surface area contributed by atoms with Crippen LogP contribution in [-0.4, -0.2) is 41.4 Å². The van der Waals surface area contributed by atoms with E-state index in [9.17, 15) is 9.59 Å². The summed E-state index contributed by atoms with van der Waals surface area (Å²) in [7, 11) is 0. The van der Waals surface area contributed by atoms with Crippen LogP contribution >= 0.6 is 0 Å². The van der Waals surface area contributed by atoms with E-state index in [2.05, 4.69) is 35.2 Å². The molecule has 0 radical (unpaired) electrons. The van der Waals surface area contributed by atoms with E-state index < -0.39 is 0 Å². The molecule has 4 nitrogen and oxygen atoms in total. The van der Waals surface area contributed by atoms with Gasteiger partial charge < -0.3 is 0 Å². The first-order valence-corrected chi connectivity index (χ1v) is 7.82. The molecule has 2 fully saturated rings. The highest BCUT2D eigenvalue weighted by Crippen LogP contribution is 2.22. The molecule has 0 N–H and O–H groups in total. The Bertz CT molecular complexity index is 491. The van der Waals surface area contributed by atoms with E-state index in [1.54, 1.807) is 0 Å². The molecule has 0 saturated carbocycles. The highest BCUT2D eigenvalue weighted by Gasteiger charge is 2.31. The summed E-state index contributed by atoms with van der Waals surface area (Å²) in [5.41, 5.74) is 1.40. The van der Waals surface area contributed by atoms with Crippen LogP contribution in [0.25, 0.3) is 0 Å². The number of benzene rings is 1. The van der Waals surface area contributed by atoms with Gasteiger partial charge in [-0.15, -0.1) is 0 Å². The summed E-state index contributed by atoms with van der Waals surface area (Å²) < 4.78 is 0. The summed E-state index contributed by atoms with van der Waals surface area (Å²) in [6.45, 7) is 2.46. The van der Waals surface area contributed by atoms with Crippen LogP contribution in [0.1, 0.15) is 31.2 Å². The van der Waals surface area contributed by atoms with Crippen LogP contribution in [0.4, 0.5) is 0 Å². The lowest BCUT2D eigenvalue weighted by molar-refractivity contribution is -0.141. The lowest BCUT2D eigenvalue weighted by atomic mass is 9.90. The maximum atomic E-state index is 11.6. The molecule has 1 aromatic rings. The number of imide groups is 1. The molecule has 4 heteroatoms. The van der Waals surface area contributed by atoms with E-state index in [1.165, 1.54) is 10.5 Å². The van der Waals surface area contributed by atoms with E-state index >= 15 is 0 Å². The van der Waals surface area contributed by atoms with Gasteiger partial charge in [0, 0.05) is 25.9 Å². The van der Waals surface area contributed by atoms with Gasteiger partial charge in [-0.3, -0.25) is 19.4 Å². The highest BCUT2D eigenvalue weighted by atomic mass is 16.2. The Morgan fingerprint density at radius 1 is 0.952 bits per heavy atom. The van der Waals surface area contributed by atoms with Crippen molar-refractivity contribution < 1.29 is 9.59 Å². The van der Waals surface area contributed by atoms with Crippen molar-refractivity contribution >= 4 is 11.8 Å². The van der Waals surface area contributed by atoms with Gasteiger partial charge in [-0.1, -0.05) is 30.3 Å². The van der Waals surface area contributed by atoms with Gasteiger partial charge in [-0.2, -0.15) is 0 Å². The first-order valence-electron chi connectivity index (χ1n) is 7.82. The normalized spacial score (nSPS) is 21.2. The number of carbonyl (C=O) groups excluding carboxylic acids is 2. The van der Waals surface area contributed by atoms with E-state index in [1.807, 2.05) is 0 Å². The van der Waals surface area contributed by atoms with Gasteiger partial charge in [0.15, 0.2) is 0 Å². The fourth-order valence-corrected chi connectivity index (χ4v) is 3.26. The van der Waals surface area contributed by atoms with Crippen LogP contribution in [-0.2, 0) is 16.0 Å². The van der Waals surface area contributed by atoms with E-state index in [4.69, 9.17) is 0 Å². The number of amides is 2. The standard InChI is InChI=1S/C17H22N2O2/c20-16-6-7-17(21)19(16)13-18-10-8-15(9-11-18)12-14-4-2-1-3-5-14/h1-5,15H,6-13H2. The quantitative estimate of drug-likeness (QED) is 0.795. The lowest BCUT2D eigenvalue weighted by Gasteiger charge is -2.33. The molecule has 0 bridgehead atoms. The molecule has 0 atom stereocenters. The number of hydrogen-bond acceptors (Lipinski definition) is 3. The summed E-state index contributed by atoms with van der Waals surface area (Å²) in [6, 6.07) is 10.6. The average molecular weight is 286 g/mol.